The Morgan fingerprint density at radius 3 is 2.95 bits per heavy atom. The molecule has 0 spiro atoms. The van der Waals surface area contributed by atoms with Crippen molar-refractivity contribution >= 4 is 28.5 Å². The van der Waals surface area contributed by atoms with E-state index >= 15 is 0 Å². The number of thiazole rings is 1. The Morgan fingerprint density at radius 2 is 2.20 bits per heavy atom. The molecule has 2 atom stereocenters. The van der Waals surface area contributed by atoms with Gasteiger partial charge in [0, 0.05) is 4.88 Å². The van der Waals surface area contributed by atoms with E-state index in [-0.39, 0.29) is 13.2 Å². The molecule has 1 fully saturated rings. The SMILES string of the molecule is O=C(Nc1nc2c(s1)CCC2)NC1COCC1C(=O)O. The van der Waals surface area contributed by atoms with Gasteiger partial charge in [-0.15, -0.1) is 11.3 Å². The van der Waals surface area contributed by atoms with Gasteiger partial charge in [-0.2, -0.15) is 0 Å². The zero-order valence-electron chi connectivity index (χ0n) is 10.7. The van der Waals surface area contributed by atoms with Crippen LogP contribution in [0.4, 0.5) is 9.93 Å². The van der Waals surface area contributed by atoms with Crippen LogP contribution in [0.3, 0.4) is 0 Å². The van der Waals surface area contributed by atoms with Gasteiger partial charge >= 0.3 is 12.0 Å². The number of aliphatic carboxylic acids is 1. The predicted molar refractivity (Wildman–Crippen MR) is 72.0 cm³/mol. The maximum atomic E-state index is 11.9. The number of carbonyl (C=O) groups is 2. The number of hydrogen-bond acceptors (Lipinski definition) is 5. The van der Waals surface area contributed by atoms with E-state index < -0.39 is 24.0 Å². The van der Waals surface area contributed by atoms with E-state index in [1.165, 1.54) is 16.2 Å². The van der Waals surface area contributed by atoms with Crippen molar-refractivity contribution in [1.29, 1.82) is 0 Å². The fourth-order valence-corrected chi connectivity index (χ4v) is 3.53. The lowest BCUT2D eigenvalue weighted by Gasteiger charge is -2.15. The van der Waals surface area contributed by atoms with Gasteiger partial charge < -0.3 is 15.2 Å². The minimum absolute atomic E-state index is 0.131. The van der Waals surface area contributed by atoms with Crippen LogP contribution in [0, 0.1) is 5.92 Å². The first-order valence-corrected chi connectivity index (χ1v) is 7.32. The van der Waals surface area contributed by atoms with Crippen molar-refractivity contribution in [2.75, 3.05) is 18.5 Å². The van der Waals surface area contributed by atoms with Gasteiger partial charge in [0.25, 0.3) is 0 Å². The summed E-state index contributed by atoms with van der Waals surface area (Å²) in [5, 5.41) is 14.9. The number of amides is 2. The standard InChI is InChI=1S/C12H15N3O4S/c16-10(17)6-4-19-5-8(6)13-11(18)15-12-14-7-2-1-3-9(7)20-12/h6,8H,1-5H2,(H,16,17)(H2,13,14,15,18). The maximum absolute atomic E-state index is 11.9. The quantitative estimate of drug-likeness (QED) is 0.768. The molecule has 2 unspecified atom stereocenters. The van der Waals surface area contributed by atoms with Crippen molar-refractivity contribution in [3.05, 3.63) is 10.6 Å². The summed E-state index contributed by atoms with van der Waals surface area (Å²) in [6.07, 6.45) is 3.11. The van der Waals surface area contributed by atoms with E-state index in [9.17, 15) is 9.59 Å². The van der Waals surface area contributed by atoms with Crippen LogP contribution >= 0.6 is 11.3 Å². The summed E-state index contributed by atoms with van der Waals surface area (Å²) in [6.45, 7) is 0.352. The number of urea groups is 1. The molecule has 0 radical (unpaired) electrons. The van der Waals surface area contributed by atoms with Gasteiger partial charge in [-0.3, -0.25) is 10.1 Å². The molecule has 1 aliphatic carbocycles. The fraction of sp³-hybridized carbons (Fsp3) is 0.583. The van der Waals surface area contributed by atoms with Crippen LogP contribution in [-0.4, -0.2) is 41.3 Å². The van der Waals surface area contributed by atoms with Crippen LogP contribution in [0.25, 0.3) is 0 Å². The number of nitrogens with zero attached hydrogens (tertiary/aromatic N) is 1. The highest BCUT2D eigenvalue weighted by atomic mass is 32.1. The van der Waals surface area contributed by atoms with Crippen molar-refractivity contribution in [2.24, 2.45) is 5.92 Å². The van der Waals surface area contributed by atoms with Crippen molar-refractivity contribution in [2.45, 2.75) is 25.3 Å². The molecule has 2 heterocycles. The Hall–Kier alpha value is -1.67. The van der Waals surface area contributed by atoms with Gasteiger partial charge in [-0.25, -0.2) is 9.78 Å². The molecule has 1 saturated heterocycles. The van der Waals surface area contributed by atoms with E-state index in [2.05, 4.69) is 15.6 Å². The molecule has 0 saturated carbocycles. The third-order valence-corrected chi connectivity index (χ3v) is 4.60. The van der Waals surface area contributed by atoms with Gasteiger partial charge in [0.05, 0.1) is 24.9 Å². The number of carbonyl (C=O) groups excluding carboxylic acids is 1. The number of fused-ring (bicyclic) bond motifs is 1. The van der Waals surface area contributed by atoms with Crippen LogP contribution in [-0.2, 0) is 22.4 Å². The number of hydrogen-bond donors (Lipinski definition) is 3. The summed E-state index contributed by atoms with van der Waals surface area (Å²) in [7, 11) is 0. The van der Waals surface area contributed by atoms with Crippen LogP contribution in [0.1, 0.15) is 17.0 Å². The van der Waals surface area contributed by atoms with Crippen LogP contribution in [0.5, 0.6) is 0 Å². The fourth-order valence-electron chi connectivity index (χ4n) is 2.49. The summed E-state index contributed by atoms with van der Waals surface area (Å²) in [6, 6.07) is -0.932. The van der Waals surface area contributed by atoms with Crippen LogP contribution in [0.15, 0.2) is 0 Å². The number of nitrogens with one attached hydrogen (secondary N) is 2. The van der Waals surface area contributed by atoms with Gasteiger partial charge in [0.15, 0.2) is 5.13 Å². The Balaban J connectivity index is 1.58. The van der Waals surface area contributed by atoms with Crippen molar-refractivity contribution < 1.29 is 19.4 Å². The highest BCUT2D eigenvalue weighted by molar-refractivity contribution is 7.15. The molecule has 2 amide bonds. The molecule has 1 aromatic rings. The lowest BCUT2D eigenvalue weighted by Crippen LogP contribution is -2.44. The summed E-state index contributed by atoms with van der Waals surface area (Å²) in [4.78, 5) is 28.4. The maximum Gasteiger partial charge on any atom is 0.321 e. The Morgan fingerprint density at radius 1 is 1.35 bits per heavy atom. The average molecular weight is 297 g/mol. The molecule has 0 bridgehead atoms. The first-order chi connectivity index (χ1) is 9.63. The van der Waals surface area contributed by atoms with Gasteiger partial charge in [-0.1, -0.05) is 0 Å². The van der Waals surface area contributed by atoms with Crippen molar-refractivity contribution in [3.63, 3.8) is 0 Å². The van der Waals surface area contributed by atoms with Crippen LogP contribution in [0.2, 0.25) is 0 Å². The highest BCUT2D eigenvalue weighted by Gasteiger charge is 2.35. The van der Waals surface area contributed by atoms with E-state index in [0.717, 1.165) is 25.0 Å². The van der Waals surface area contributed by atoms with Gasteiger partial charge in [0.2, 0.25) is 0 Å². The molecule has 7 nitrogen and oxygen atoms in total. The Kier molecular flexibility index (Phi) is 3.58. The predicted octanol–water partition coefficient (Wildman–Crippen LogP) is 0.853. The molecule has 0 aromatic carbocycles. The molecule has 8 heteroatoms. The topological polar surface area (TPSA) is 101 Å². The first kappa shape index (κ1) is 13.3. The highest BCUT2D eigenvalue weighted by Crippen LogP contribution is 2.30. The normalized spacial score (nSPS) is 24.4. The van der Waals surface area contributed by atoms with Gasteiger partial charge in [0.1, 0.15) is 5.92 Å². The average Bonchev–Trinajstić information content (AvgIpc) is 3.03. The monoisotopic (exact) mass is 297 g/mol. The number of anilines is 1. The van der Waals surface area contributed by atoms with E-state index in [4.69, 9.17) is 9.84 Å². The molecular formula is C12H15N3O4S. The third kappa shape index (κ3) is 2.61. The van der Waals surface area contributed by atoms with Crippen molar-refractivity contribution in [3.8, 4) is 0 Å². The second-order valence-electron chi connectivity index (χ2n) is 4.93. The van der Waals surface area contributed by atoms with E-state index in [1.807, 2.05) is 0 Å². The molecule has 2 aliphatic rings. The second-order valence-corrected chi connectivity index (χ2v) is 6.01. The number of ether oxygens (including phenoxy) is 1. The minimum Gasteiger partial charge on any atom is -0.481 e. The van der Waals surface area contributed by atoms with Crippen LogP contribution < -0.4 is 10.6 Å². The zero-order valence-corrected chi connectivity index (χ0v) is 11.5. The Labute approximate surface area is 119 Å². The van der Waals surface area contributed by atoms with Crippen molar-refractivity contribution in [1.82, 2.24) is 10.3 Å². The lowest BCUT2D eigenvalue weighted by atomic mass is 10.0. The van der Waals surface area contributed by atoms with Gasteiger partial charge in [-0.05, 0) is 19.3 Å². The first-order valence-electron chi connectivity index (χ1n) is 6.50. The van der Waals surface area contributed by atoms with E-state index in [0.29, 0.717) is 5.13 Å². The summed E-state index contributed by atoms with van der Waals surface area (Å²) >= 11 is 1.48. The molecule has 20 heavy (non-hydrogen) atoms. The molecule has 1 aliphatic heterocycles. The zero-order chi connectivity index (χ0) is 14.1. The number of carboxylic acid groups (broad SMARTS) is 1. The van der Waals surface area contributed by atoms with E-state index in [1.54, 1.807) is 0 Å². The number of carboxylic acids is 1. The summed E-state index contributed by atoms with van der Waals surface area (Å²) in [5.74, 6) is -1.65. The summed E-state index contributed by atoms with van der Waals surface area (Å²) < 4.78 is 5.10. The number of aryl methyl sites for hydroxylation is 2. The number of rotatable bonds is 3. The third-order valence-electron chi connectivity index (χ3n) is 3.53. The number of aromatic nitrogens is 1. The minimum atomic E-state index is -0.957. The smallest absolute Gasteiger partial charge is 0.321 e. The molecule has 3 rings (SSSR count). The molecule has 3 N–H and O–H groups in total. The second kappa shape index (κ2) is 5.37. The molecular weight excluding hydrogens is 282 g/mol. The largest absolute Gasteiger partial charge is 0.481 e. The molecule has 108 valence electrons. The Bertz CT molecular complexity index is 523. The molecule has 1 aromatic heterocycles. The summed E-state index contributed by atoms with van der Waals surface area (Å²) in [5.41, 5.74) is 1.07. The lowest BCUT2D eigenvalue weighted by molar-refractivity contribution is -0.142.